The zero-order valence-electron chi connectivity index (χ0n) is 21.1. The van der Waals surface area contributed by atoms with Gasteiger partial charge in [0.25, 0.3) is 0 Å². The number of benzene rings is 2. The molecule has 1 atom stereocenters. The van der Waals surface area contributed by atoms with E-state index < -0.39 is 12.0 Å². The van der Waals surface area contributed by atoms with Gasteiger partial charge in [0.1, 0.15) is 11.8 Å². The second kappa shape index (κ2) is 12.5. The van der Waals surface area contributed by atoms with E-state index in [2.05, 4.69) is 5.32 Å². The van der Waals surface area contributed by atoms with Crippen LogP contribution in [0.4, 0.5) is 5.69 Å². The monoisotopic (exact) mass is 520 g/mol. The number of anilines is 1. The first-order chi connectivity index (χ1) is 18.0. The van der Waals surface area contributed by atoms with Crippen LogP contribution in [0.2, 0.25) is 0 Å². The van der Waals surface area contributed by atoms with Gasteiger partial charge < -0.3 is 14.8 Å². The molecule has 1 saturated carbocycles. The Morgan fingerprint density at radius 3 is 2.41 bits per heavy atom. The molecule has 0 radical (unpaired) electrons. The van der Waals surface area contributed by atoms with Gasteiger partial charge in [0.2, 0.25) is 11.8 Å². The van der Waals surface area contributed by atoms with Crippen LogP contribution >= 0.6 is 11.3 Å². The van der Waals surface area contributed by atoms with Crippen LogP contribution in [-0.4, -0.2) is 38.0 Å². The number of carbonyl (C=O) groups excluding carboxylic acids is 3. The van der Waals surface area contributed by atoms with Gasteiger partial charge in [0.15, 0.2) is 0 Å². The van der Waals surface area contributed by atoms with Crippen molar-refractivity contribution in [3.8, 4) is 5.75 Å². The SMILES string of the molecule is COC(=O)c1cccc(N(C(=O)Cc2cccs2)[C@H](C(=O)NC2CCCCC2)c2ccc(OC)cc2)c1. The number of esters is 1. The van der Waals surface area contributed by atoms with E-state index in [1.54, 1.807) is 55.6 Å². The van der Waals surface area contributed by atoms with Crippen molar-refractivity contribution in [1.82, 2.24) is 5.32 Å². The molecule has 1 heterocycles. The highest BCUT2D eigenvalue weighted by atomic mass is 32.1. The largest absolute Gasteiger partial charge is 0.497 e. The fraction of sp³-hybridized carbons (Fsp3) is 0.345. The molecule has 0 unspecified atom stereocenters. The predicted octanol–water partition coefficient (Wildman–Crippen LogP) is 5.31. The standard InChI is InChI=1S/C29H32N2O5S/c1-35-24-15-13-20(14-16-24)27(28(33)30-22-9-4-3-5-10-22)31(26(32)19-25-12-7-17-37-25)23-11-6-8-21(18-23)29(34)36-2/h6-8,11-18,22,27H,3-5,9-10,19H2,1-2H3,(H,30,33)/t27-/m0/s1. The minimum atomic E-state index is -0.937. The van der Waals surface area contributed by atoms with E-state index in [-0.39, 0.29) is 24.3 Å². The van der Waals surface area contributed by atoms with Crippen LogP contribution in [0, 0.1) is 0 Å². The Kier molecular flexibility index (Phi) is 8.95. The average Bonchev–Trinajstić information content (AvgIpc) is 3.44. The first-order valence-corrected chi connectivity index (χ1v) is 13.3. The maximum Gasteiger partial charge on any atom is 0.337 e. The Bertz CT molecular complexity index is 1200. The molecule has 0 saturated heterocycles. The summed E-state index contributed by atoms with van der Waals surface area (Å²) in [6, 6.07) is 16.8. The molecular weight excluding hydrogens is 488 g/mol. The van der Waals surface area contributed by atoms with E-state index in [1.165, 1.54) is 29.8 Å². The maximum absolute atomic E-state index is 13.9. The molecule has 8 heteroatoms. The van der Waals surface area contributed by atoms with Crippen molar-refractivity contribution in [2.75, 3.05) is 19.1 Å². The van der Waals surface area contributed by atoms with Crippen LogP contribution in [0.5, 0.6) is 5.75 Å². The van der Waals surface area contributed by atoms with Gasteiger partial charge in [-0.2, -0.15) is 0 Å². The summed E-state index contributed by atoms with van der Waals surface area (Å²) in [5.74, 6) is -0.358. The smallest absolute Gasteiger partial charge is 0.337 e. The van der Waals surface area contributed by atoms with E-state index in [1.807, 2.05) is 17.5 Å². The Hall–Kier alpha value is -3.65. The lowest BCUT2D eigenvalue weighted by atomic mass is 9.94. The molecule has 7 nitrogen and oxygen atoms in total. The van der Waals surface area contributed by atoms with Crippen LogP contribution in [0.25, 0.3) is 0 Å². The van der Waals surface area contributed by atoms with Crippen molar-refractivity contribution >= 4 is 34.8 Å². The lowest BCUT2D eigenvalue weighted by molar-refractivity contribution is -0.127. The third kappa shape index (κ3) is 6.57. The van der Waals surface area contributed by atoms with Crippen molar-refractivity contribution in [3.05, 3.63) is 82.0 Å². The molecule has 0 spiro atoms. The van der Waals surface area contributed by atoms with Gasteiger partial charge in [-0.1, -0.05) is 43.5 Å². The summed E-state index contributed by atoms with van der Waals surface area (Å²) in [7, 11) is 2.89. The van der Waals surface area contributed by atoms with Crippen LogP contribution in [0.1, 0.15) is 58.9 Å². The number of nitrogens with one attached hydrogen (secondary N) is 1. The average molecular weight is 521 g/mol. The minimum Gasteiger partial charge on any atom is -0.497 e. The molecule has 4 rings (SSSR count). The number of rotatable bonds is 9. The zero-order chi connectivity index (χ0) is 26.2. The molecule has 37 heavy (non-hydrogen) atoms. The second-order valence-electron chi connectivity index (χ2n) is 9.08. The third-order valence-electron chi connectivity index (χ3n) is 6.61. The van der Waals surface area contributed by atoms with E-state index in [4.69, 9.17) is 9.47 Å². The molecule has 1 N–H and O–H groups in total. The summed E-state index contributed by atoms with van der Waals surface area (Å²) in [4.78, 5) is 42.5. The number of hydrogen-bond acceptors (Lipinski definition) is 6. The van der Waals surface area contributed by atoms with Crippen LogP contribution in [0.3, 0.4) is 0 Å². The number of carbonyl (C=O) groups is 3. The summed E-state index contributed by atoms with van der Waals surface area (Å²) >= 11 is 1.49. The van der Waals surface area contributed by atoms with Gasteiger partial charge in [-0.15, -0.1) is 11.3 Å². The molecule has 1 fully saturated rings. The fourth-order valence-corrected chi connectivity index (χ4v) is 5.41. The van der Waals surface area contributed by atoms with Gasteiger partial charge in [-0.05, 0) is 60.2 Å². The minimum absolute atomic E-state index is 0.0673. The van der Waals surface area contributed by atoms with Crippen LogP contribution < -0.4 is 15.0 Å². The van der Waals surface area contributed by atoms with Crippen molar-refractivity contribution in [1.29, 1.82) is 0 Å². The van der Waals surface area contributed by atoms with Crippen molar-refractivity contribution in [3.63, 3.8) is 0 Å². The van der Waals surface area contributed by atoms with E-state index in [9.17, 15) is 14.4 Å². The summed E-state index contributed by atoms with van der Waals surface area (Å²) in [5, 5.41) is 5.12. The molecule has 194 valence electrons. The highest BCUT2D eigenvalue weighted by Crippen LogP contribution is 2.32. The van der Waals surface area contributed by atoms with Gasteiger partial charge in [0, 0.05) is 16.6 Å². The predicted molar refractivity (Wildman–Crippen MR) is 144 cm³/mol. The molecule has 0 bridgehead atoms. The van der Waals surface area contributed by atoms with Crippen molar-refractivity contribution in [2.45, 2.75) is 50.6 Å². The lowest BCUT2D eigenvalue weighted by Crippen LogP contribution is -2.47. The molecule has 0 aliphatic heterocycles. The summed E-state index contributed by atoms with van der Waals surface area (Å²) in [5.41, 5.74) is 1.40. The zero-order valence-corrected chi connectivity index (χ0v) is 22.0. The molecule has 1 aliphatic carbocycles. The van der Waals surface area contributed by atoms with Gasteiger partial charge in [-0.25, -0.2) is 4.79 Å². The normalized spacial score (nSPS) is 14.4. The highest BCUT2D eigenvalue weighted by Gasteiger charge is 2.34. The molecule has 2 aromatic carbocycles. The van der Waals surface area contributed by atoms with Crippen molar-refractivity contribution in [2.24, 2.45) is 0 Å². The Morgan fingerprint density at radius 2 is 1.76 bits per heavy atom. The lowest BCUT2D eigenvalue weighted by Gasteiger charge is -2.33. The number of ether oxygens (including phenoxy) is 2. The molecule has 2 amide bonds. The second-order valence-corrected chi connectivity index (χ2v) is 10.1. The van der Waals surface area contributed by atoms with E-state index in [0.717, 1.165) is 30.6 Å². The number of thiophene rings is 1. The van der Waals surface area contributed by atoms with Gasteiger partial charge in [0.05, 0.1) is 26.2 Å². The fourth-order valence-electron chi connectivity index (χ4n) is 4.72. The number of amides is 2. The van der Waals surface area contributed by atoms with E-state index in [0.29, 0.717) is 22.6 Å². The van der Waals surface area contributed by atoms with E-state index >= 15 is 0 Å². The highest BCUT2D eigenvalue weighted by molar-refractivity contribution is 7.10. The Labute approximate surface area is 221 Å². The molecular formula is C29H32N2O5S. The number of methoxy groups -OCH3 is 2. The topological polar surface area (TPSA) is 84.9 Å². The summed E-state index contributed by atoms with van der Waals surface area (Å²) in [6.45, 7) is 0. The Morgan fingerprint density at radius 1 is 1.00 bits per heavy atom. The van der Waals surface area contributed by atoms with Gasteiger partial charge >= 0.3 is 5.97 Å². The molecule has 3 aromatic rings. The molecule has 1 aromatic heterocycles. The third-order valence-corrected chi connectivity index (χ3v) is 7.49. The maximum atomic E-state index is 13.9. The number of hydrogen-bond donors (Lipinski definition) is 1. The van der Waals surface area contributed by atoms with Gasteiger partial charge in [-0.3, -0.25) is 14.5 Å². The molecule has 1 aliphatic rings. The first-order valence-electron chi connectivity index (χ1n) is 12.5. The van der Waals surface area contributed by atoms with Crippen molar-refractivity contribution < 1.29 is 23.9 Å². The first kappa shape index (κ1) is 26.4. The van der Waals surface area contributed by atoms with Crippen LogP contribution in [-0.2, 0) is 20.7 Å². The quantitative estimate of drug-likeness (QED) is 0.387. The Balaban J connectivity index is 1.78. The summed E-state index contributed by atoms with van der Waals surface area (Å²) < 4.78 is 10.2. The van der Waals surface area contributed by atoms with Crippen LogP contribution in [0.15, 0.2) is 66.0 Å². The number of nitrogens with zero attached hydrogens (tertiary/aromatic N) is 1. The summed E-state index contributed by atoms with van der Waals surface area (Å²) in [6.07, 6.45) is 5.27.